The lowest BCUT2D eigenvalue weighted by atomic mass is 10.1. The van der Waals surface area contributed by atoms with E-state index in [9.17, 15) is 4.79 Å². The maximum Gasteiger partial charge on any atom is 0.256 e. The Morgan fingerprint density at radius 2 is 2.04 bits per heavy atom. The molecule has 1 aromatic heterocycles. The highest BCUT2D eigenvalue weighted by atomic mass is 16.1. The molecule has 0 spiro atoms. The molecule has 26 heavy (non-hydrogen) atoms. The van der Waals surface area contributed by atoms with Crippen molar-refractivity contribution >= 4 is 11.7 Å². The molecule has 6 nitrogen and oxygen atoms in total. The van der Waals surface area contributed by atoms with Crippen LogP contribution in [-0.2, 0) is 0 Å². The molecule has 6 heteroatoms. The summed E-state index contributed by atoms with van der Waals surface area (Å²) < 4.78 is 0. The molecule has 0 unspecified atom stereocenters. The Balaban J connectivity index is 1.90. The Kier molecular flexibility index (Phi) is 5.83. The maximum absolute atomic E-state index is 12.7. The van der Waals surface area contributed by atoms with Crippen molar-refractivity contribution in [2.24, 2.45) is 0 Å². The molecule has 2 heterocycles. The fourth-order valence-electron chi connectivity index (χ4n) is 3.11. The van der Waals surface area contributed by atoms with E-state index in [1.165, 1.54) is 5.56 Å². The summed E-state index contributed by atoms with van der Waals surface area (Å²) in [7, 11) is 3.98. The number of aryl methyl sites for hydroxylation is 1. The zero-order valence-electron chi connectivity index (χ0n) is 15.8. The van der Waals surface area contributed by atoms with Gasteiger partial charge in [-0.3, -0.25) is 4.79 Å². The molecule has 3 rings (SSSR count). The van der Waals surface area contributed by atoms with Gasteiger partial charge in [-0.25, -0.2) is 9.97 Å². The van der Waals surface area contributed by atoms with Gasteiger partial charge in [-0.1, -0.05) is 23.8 Å². The number of nitrogens with zero attached hydrogens (tertiary/aromatic N) is 4. The topological polar surface area (TPSA) is 61.4 Å². The summed E-state index contributed by atoms with van der Waals surface area (Å²) in [6, 6.07) is 8.13. The van der Waals surface area contributed by atoms with Crippen molar-refractivity contribution in [1.29, 1.82) is 0 Å². The second-order valence-electron chi connectivity index (χ2n) is 7.05. The predicted octanol–water partition coefficient (Wildman–Crippen LogP) is 2.34. The number of rotatable bonds is 6. The molecule has 1 fully saturated rings. The number of anilines is 1. The molecule has 1 saturated heterocycles. The maximum atomic E-state index is 12.7. The summed E-state index contributed by atoms with van der Waals surface area (Å²) in [5.74, 6) is 1.31. The Labute approximate surface area is 155 Å². The minimum absolute atomic E-state index is 0.107. The molecule has 0 saturated carbocycles. The van der Waals surface area contributed by atoms with Gasteiger partial charge in [-0.05, 0) is 39.9 Å². The van der Waals surface area contributed by atoms with E-state index in [0.717, 1.165) is 43.9 Å². The summed E-state index contributed by atoms with van der Waals surface area (Å²) in [6.45, 7) is 5.32. The highest BCUT2D eigenvalue weighted by Gasteiger charge is 2.22. The average molecular weight is 353 g/mol. The molecule has 1 amide bonds. The fourth-order valence-corrected chi connectivity index (χ4v) is 3.11. The van der Waals surface area contributed by atoms with Crippen molar-refractivity contribution in [3.05, 3.63) is 41.6 Å². The number of hydrogen-bond donors (Lipinski definition) is 1. The number of benzene rings is 1. The van der Waals surface area contributed by atoms with Crippen molar-refractivity contribution in [3.63, 3.8) is 0 Å². The third-order valence-corrected chi connectivity index (χ3v) is 4.54. The van der Waals surface area contributed by atoms with Gasteiger partial charge >= 0.3 is 0 Å². The molecular formula is C20H27N5O. The van der Waals surface area contributed by atoms with E-state index in [1.54, 1.807) is 6.20 Å². The molecule has 0 radical (unpaired) electrons. The van der Waals surface area contributed by atoms with Gasteiger partial charge in [0.25, 0.3) is 5.91 Å². The van der Waals surface area contributed by atoms with Gasteiger partial charge < -0.3 is 15.1 Å². The zero-order chi connectivity index (χ0) is 18.5. The fraction of sp³-hybridized carbons (Fsp3) is 0.450. The number of carbonyl (C=O) groups excluding carboxylic acids is 1. The highest BCUT2D eigenvalue weighted by Crippen LogP contribution is 2.25. The van der Waals surface area contributed by atoms with Crippen LogP contribution in [0.5, 0.6) is 0 Å². The highest BCUT2D eigenvalue weighted by molar-refractivity contribution is 5.99. The van der Waals surface area contributed by atoms with Crippen LogP contribution in [0.2, 0.25) is 0 Å². The van der Waals surface area contributed by atoms with Crippen LogP contribution in [0, 0.1) is 6.92 Å². The summed E-state index contributed by atoms with van der Waals surface area (Å²) in [5, 5.41) is 2.98. The van der Waals surface area contributed by atoms with E-state index < -0.39 is 0 Å². The number of amides is 1. The molecule has 0 atom stereocenters. The zero-order valence-corrected chi connectivity index (χ0v) is 15.8. The summed E-state index contributed by atoms with van der Waals surface area (Å²) in [6.07, 6.45) is 3.93. The first-order valence-electron chi connectivity index (χ1n) is 9.16. The molecular weight excluding hydrogens is 326 g/mol. The van der Waals surface area contributed by atoms with Gasteiger partial charge in [-0.2, -0.15) is 0 Å². The molecule has 0 bridgehead atoms. The van der Waals surface area contributed by atoms with Crippen molar-refractivity contribution < 1.29 is 4.79 Å². The van der Waals surface area contributed by atoms with Crippen LogP contribution < -0.4 is 10.2 Å². The van der Waals surface area contributed by atoms with Gasteiger partial charge in [0.15, 0.2) is 5.82 Å². The molecule has 1 aromatic carbocycles. The van der Waals surface area contributed by atoms with Gasteiger partial charge in [0.05, 0.1) is 0 Å². The van der Waals surface area contributed by atoms with Crippen molar-refractivity contribution in [2.75, 3.05) is 45.2 Å². The molecule has 1 aliphatic heterocycles. The monoisotopic (exact) mass is 353 g/mol. The smallest absolute Gasteiger partial charge is 0.256 e. The number of hydrogen-bond acceptors (Lipinski definition) is 5. The molecule has 0 aliphatic carbocycles. The normalized spacial score (nSPS) is 14.1. The minimum Gasteiger partial charge on any atom is -0.356 e. The average Bonchev–Trinajstić information content (AvgIpc) is 3.15. The molecule has 1 aliphatic rings. The lowest BCUT2D eigenvalue weighted by molar-refractivity contribution is 0.0951. The standard InChI is InChI=1S/C20H27N5O/c1-15-7-6-8-16(13-15)18-22-14-17(20(26)21-9-12-24(2)3)19(23-18)25-10-4-5-11-25/h6-8,13-14H,4-5,9-12H2,1-3H3,(H,21,26). The number of likely N-dealkylation sites (N-methyl/N-ethyl adjacent to an activating group) is 1. The first-order chi connectivity index (χ1) is 12.5. The van der Waals surface area contributed by atoms with Crippen LogP contribution in [0.4, 0.5) is 5.82 Å². The van der Waals surface area contributed by atoms with Gasteiger partial charge in [0.2, 0.25) is 0 Å². The van der Waals surface area contributed by atoms with E-state index in [2.05, 4.69) is 34.3 Å². The largest absolute Gasteiger partial charge is 0.356 e. The minimum atomic E-state index is -0.107. The van der Waals surface area contributed by atoms with E-state index in [-0.39, 0.29) is 5.91 Å². The molecule has 1 N–H and O–H groups in total. The summed E-state index contributed by atoms with van der Waals surface area (Å²) in [5.41, 5.74) is 2.70. The van der Waals surface area contributed by atoms with E-state index in [0.29, 0.717) is 17.9 Å². The van der Waals surface area contributed by atoms with Crippen LogP contribution in [0.25, 0.3) is 11.4 Å². The van der Waals surface area contributed by atoms with E-state index in [4.69, 9.17) is 4.98 Å². The Morgan fingerprint density at radius 1 is 1.27 bits per heavy atom. The lowest BCUT2D eigenvalue weighted by Gasteiger charge is -2.20. The third kappa shape index (κ3) is 4.38. The SMILES string of the molecule is Cc1cccc(-c2ncc(C(=O)NCCN(C)C)c(N3CCCC3)n2)c1. The molecule has 2 aromatic rings. The quantitative estimate of drug-likeness (QED) is 0.864. The van der Waals surface area contributed by atoms with Crippen LogP contribution >= 0.6 is 0 Å². The first kappa shape index (κ1) is 18.3. The van der Waals surface area contributed by atoms with Crippen molar-refractivity contribution in [3.8, 4) is 11.4 Å². The Bertz CT molecular complexity index is 769. The van der Waals surface area contributed by atoms with Gasteiger partial charge in [0.1, 0.15) is 11.4 Å². The third-order valence-electron chi connectivity index (χ3n) is 4.54. The second-order valence-corrected chi connectivity index (χ2v) is 7.05. The second kappa shape index (κ2) is 8.27. The van der Waals surface area contributed by atoms with Gasteiger partial charge in [-0.15, -0.1) is 0 Å². The van der Waals surface area contributed by atoms with E-state index in [1.807, 2.05) is 31.1 Å². The summed E-state index contributed by atoms with van der Waals surface area (Å²) >= 11 is 0. The Morgan fingerprint density at radius 3 is 2.73 bits per heavy atom. The summed E-state index contributed by atoms with van der Waals surface area (Å²) in [4.78, 5) is 26.2. The van der Waals surface area contributed by atoms with E-state index >= 15 is 0 Å². The first-order valence-corrected chi connectivity index (χ1v) is 9.16. The lowest BCUT2D eigenvalue weighted by Crippen LogP contribution is -2.33. The van der Waals surface area contributed by atoms with Crippen LogP contribution in [-0.4, -0.2) is 61.0 Å². The van der Waals surface area contributed by atoms with Crippen LogP contribution in [0.3, 0.4) is 0 Å². The number of carbonyl (C=O) groups is 1. The van der Waals surface area contributed by atoms with Crippen LogP contribution in [0.15, 0.2) is 30.5 Å². The number of aromatic nitrogens is 2. The Hall–Kier alpha value is -2.47. The van der Waals surface area contributed by atoms with Crippen molar-refractivity contribution in [2.45, 2.75) is 19.8 Å². The number of nitrogens with one attached hydrogen (secondary N) is 1. The molecule has 138 valence electrons. The van der Waals surface area contributed by atoms with Crippen molar-refractivity contribution in [1.82, 2.24) is 20.2 Å². The van der Waals surface area contributed by atoms with Gasteiger partial charge in [0, 0.05) is 37.9 Å². The predicted molar refractivity (Wildman–Crippen MR) is 105 cm³/mol. The van der Waals surface area contributed by atoms with Crippen LogP contribution in [0.1, 0.15) is 28.8 Å².